The van der Waals surface area contributed by atoms with Crippen molar-refractivity contribution in [3.05, 3.63) is 42.0 Å². The molecule has 1 heteroatoms. The number of benzene rings is 1. The summed E-state index contributed by atoms with van der Waals surface area (Å²) in [5.41, 5.74) is 1.26. The second-order valence-corrected chi connectivity index (χ2v) is 3.87. The standard InChI is InChI=1S/C13H19N/c1-12(2)11-14-10-6-9-13-7-4-3-5-8-13/h3-9,12,14H,10-11H2,1-2H3/b9-6-. The zero-order valence-electron chi connectivity index (χ0n) is 9.03. The van der Waals surface area contributed by atoms with Crippen LogP contribution in [0.5, 0.6) is 0 Å². The summed E-state index contributed by atoms with van der Waals surface area (Å²) < 4.78 is 0. The molecule has 0 radical (unpaired) electrons. The maximum atomic E-state index is 3.37. The molecule has 1 aromatic carbocycles. The molecule has 14 heavy (non-hydrogen) atoms. The first-order chi connectivity index (χ1) is 6.79. The second kappa shape index (κ2) is 6.39. The van der Waals surface area contributed by atoms with Crippen LogP contribution >= 0.6 is 0 Å². The summed E-state index contributed by atoms with van der Waals surface area (Å²) >= 11 is 0. The van der Waals surface area contributed by atoms with E-state index in [9.17, 15) is 0 Å². The van der Waals surface area contributed by atoms with Crippen molar-refractivity contribution in [3.8, 4) is 0 Å². The predicted molar refractivity (Wildman–Crippen MR) is 63.2 cm³/mol. The predicted octanol–water partition coefficient (Wildman–Crippen LogP) is 2.95. The van der Waals surface area contributed by atoms with Crippen LogP contribution in [0.2, 0.25) is 0 Å². The van der Waals surface area contributed by atoms with E-state index in [1.807, 2.05) is 6.07 Å². The van der Waals surface area contributed by atoms with Gasteiger partial charge in [-0.1, -0.05) is 56.3 Å². The highest BCUT2D eigenvalue weighted by Crippen LogP contribution is 1.99. The van der Waals surface area contributed by atoms with Crippen LogP contribution in [0.3, 0.4) is 0 Å². The van der Waals surface area contributed by atoms with Crippen molar-refractivity contribution in [1.29, 1.82) is 0 Å². The summed E-state index contributed by atoms with van der Waals surface area (Å²) in [6.45, 7) is 6.47. The molecular formula is C13H19N. The summed E-state index contributed by atoms with van der Waals surface area (Å²) in [6.07, 6.45) is 4.31. The highest BCUT2D eigenvalue weighted by atomic mass is 14.8. The molecule has 0 amide bonds. The monoisotopic (exact) mass is 189 g/mol. The maximum Gasteiger partial charge on any atom is 0.0138 e. The van der Waals surface area contributed by atoms with Crippen LogP contribution in [0.15, 0.2) is 36.4 Å². The van der Waals surface area contributed by atoms with Gasteiger partial charge >= 0.3 is 0 Å². The van der Waals surface area contributed by atoms with Gasteiger partial charge in [0.1, 0.15) is 0 Å². The molecule has 0 heterocycles. The Hall–Kier alpha value is -1.08. The fraction of sp³-hybridized carbons (Fsp3) is 0.385. The number of nitrogens with one attached hydrogen (secondary N) is 1. The first kappa shape index (κ1) is 11.0. The van der Waals surface area contributed by atoms with Gasteiger partial charge in [-0.05, 0) is 18.0 Å². The summed E-state index contributed by atoms with van der Waals surface area (Å²) in [7, 11) is 0. The average molecular weight is 189 g/mol. The van der Waals surface area contributed by atoms with Crippen LogP contribution in [0, 0.1) is 5.92 Å². The highest BCUT2D eigenvalue weighted by Gasteiger charge is 1.89. The average Bonchev–Trinajstić information content (AvgIpc) is 2.18. The molecular weight excluding hydrogens is 170 g/mol. The number of hydrogen-bond acceptors (Lipinski definition) is 1. The van der Waals surface area contributed by atoms with Crippen LogP contribution in [0.1, 0.15) is 19.4 Å². The summed E-state index contributed by atoms with van der Waals surface area (Å²) in [5.74, 6) is 0.722. The lowest BCUT2D eigenvalue weighted by Crippen LogP contribution is -2.19. The SMILES string of the molecule is CC(C)CNC/C=C\c1ccccc1. The van der Waals surface area contributed by atoms with E-state index in [4.69, 9.17) is 0 Å². The van der Waals surface area contributed by atoms with E-state index < -0.39 is 0 Å². The molecule has 0 fully saturated rings. The molecule has 0 unspecified atom stereocenters. The highest BCUT2D eigenvalue weighted by molar-refractivity contribution is 5.48. The fourth-order valence-electron chi connectivity index (χ4n) is 1.21. The number of rotatable bonds is 5. The quantitative estimate of drug-likeness (QED) is 0.702. The Kier molecular flexibility index (Phi) is 5.02. The second-order valence-electron chi connectivity index (χ2n) is 3.87. The smallest absolute Gasteiger partial charge is 0.0138 e. The Morgan fingerprint density at radius 3 is 2.57 bits per heavy atom. The van der Waals surface area contributed by atoms with Gasteiger partial charge < -0.3 is 5.32 Å². The molecule has 76 valence electrons. The van der Waals surface area contributed by atoms with Crippen LogP contribution in [0.25, 0.3) is 6.08 Å². The van der Waals surface area contributed by atoms with Gasteiger partial charge in [0.25, 0.3) is 0 Å². The Morgan fingerprint density at radius 1 is 1.21 bits per heavy atom. The van der Waals surface area contributed by atoms with Gasteiger partial charge in [-0.2, -0.15) is 0 Å². The molecule has 0 spiro atoms. The summed E-state index contributed by atoms with van der Waals surface area (Å²) in [4.78, 5) is 0. The molecule has 1 aromatic rings. The van der Waals surface area contributed by atoms with Crippen molar-refractivity contribution in [2.24, 2.45) is 5.92 Å². The van der Waals surface area contributed by atoms with E-state index in [1.54, 1.807) is 0 Å². The molecule has 0 bridgehead atoms. The Morgan fingerprint density at radius 2 is 1.93 bits per heavy atom. The molecule has 1 rings (SSSR count). The van der Waals surface area contributed by atoms with Crippen molar-refractivity contribution >= 4 is 6.08 Å². The normalized spacial score (nSPS) is 11.4. The maximum absolute atomic E-state index is 3.37. The molecule has 0 aliphatic heterocycles. The van der Waals surface area contributed by atoms with Gasteiger partial charge in [0.15, 0.2) is 0 Å². The van der Waals surface area contributed by atoms with E-state index in [-0.39, 0.29) is 0 Å². The van der Waals surface area contributed by atoms with Gasteiger partial charge in [0.2, 0.25) is 0 Å². The van der Waals surface area contributed by atoms with Gasteiger partial charge in [0, 0.05) is 6.54 Å². The molecule has 0 aliphatic carbocycles. The molecule has 0 saturated carbocycles. The van der Waals surface area contributed by atoms with E-state index >= 15 is 0 Å². The Bertz CT molecular complexity index is 262. The van der Waals surface area contributed by atoms with Crippen LogP contribution in [-0.4, -0.2) is 13.1 Å². The van der Waals surface area contributed by atoms with Gasteiger partial charge in [-0.15, -0.1) is 0 Å². The lowest BCUT2D eigenvalue weighted by atomic mass is 10.2. The minimum atomic E-state index is 0.722. The van der Waals surface area contributed by atoms with Crippen molar-refractivity contribution in [1.82, 2.24) is 5.32 Å². The molecule has 1 nitrogen and oxygen atoms in total. The van der Waals surface area contributed by atoms with Crippen molar-refractivity contribution in [2.75, 3.05) is 13.1 Å². The zero-order valence-corrected chi connectivity index (χ0v) is 9.03. The summed E-state index contributed by atoms with van der Waals surface area (Å²) in [5, 5.41) is 3.37. The lowest BCUT2D eigenvalue weighted by molar-refractivity contribution is 0.577. The first-order valence-corrected chi connectivity index (χ1v) is 5.21. The third-order valence-electron chi connectivity index (χ3n) is 1.92. The van der Waals surface area contributed by atoms with E-state index in [0.717, 1.165) is 19.0 Å². The van der Waals surface area contributed by atoms with Crippen LogP contribution < -0.4 is 5.32 Å². The number of hydrogen-bond donors (Lipinski definition) is 1. The van der Waals surface area contributed by atoms with Crippen molar-refractivity contribution in [3.63, 3.8) is 0 Å². The third-order valence-corrected chi connectivity index (χ3v) is 1.92. The lowest BCUT2D eigenvalue weighted by Gasteiger charge is -2.03. The van der Waals surface area contributed by atoms with Gasteiger partial charge in [0.05, 0.1) is 0 Å². The molecule has 0 aromatic heterocycles. The van der Waals surface area contributed by atoms with Crippen molar-refractivity contribution < 1.29 is 0 Å². The molecule has 1 N–H and O–H groups in total. The van der Waals surface area contributed by atoms with Crippen LogP contribution in [0.4, 0.5) is 0 Å². The largest absolute Gasteiger partial charge is 0.313 e. The van der Waals surface area contributed by atoms with Gasteiger partial charge in [-0.25, -0.2) is 0 Å². The van der Waals surface area contributed by atoms with Crippen LogP contribution in [-0.2, 0) is 0 Å². The fourth-order valence-corrected chi connectivity index (χ4v) is 1.21. The minimum Gasteiger partial charge on any atom is -0.313 e. The molecule has 0 aliphatic rings. The van der Waals surface area contributed by atoms with E-state index in [2.05, 4.69) is 55.6 Å². The Balaban J connectivity index is 2.21. The third kappa shape index (κ3) is 4.83. The zero-order chi connectivity index (χ0) is 10.2. The van der Waals surface area contributed by atoms with Gasteiger partial charge in [-0.3, -0.25) is 0 Å². The topological polar surface area (TPSA) is 12.0 Å². The summed E-state index contributed by atoms with van der Waals surface area (Å²) in [6, 6.07) is 10.4. The Labute approximate surface area is 86.8 Å². The first-order valence-electron chi connectivity index (χ1n) is 5.21. The van der Waals surface area contributed by atoms with E-state index in [0.29, 0.717) is 0 Å². The van der Waals surface area contributed by atoms with Crippen molar-refractivity contribution in [2.45, 2.75) is 13.8 Å². The molecule has 0 atom stereocenters. The van der Waals surface area contributed by atoms with E-state index in [1.165, 1.54) is 5.56 Å². The molecule has 0 saturated heterocycles. The minimum absolute atomic E-state index is 0.722.